The molecule has 0 aliphatic heterocycles. The molecule has 0 radical (unpaired) electrons. The van der Waals surface area contributed by atoms with Crippen molar-refractivity contribution in [2.75, 3.05) is 0 Å². The van der Waals surface area contributed by atoms with Gasteiger partial charge in [0.25, 0.3) is 0 Å². The molecule has 0 atom stereocenters. The van der Waals surface area contributed by atoms with E-state index in [-0.39, 0.29) is 0 Å². The van der Waals surface area contributed by atoms with Crippen LogP contribution in [0.2, 0.25) is 0 Å². The molecule has 0 aromatic carbocycles. The number of hydrogen-bond acceptors (Lipinski definition) is 3. The van der Waals surface area contributed by atoms with Crippen LogP contribution in [0.3, 0.4) is 0 Å². The fraction of sp³-hybridized carbons (Fsp3) is 0.333. The van der Waals surface area contributed by atoms with E-state index in [9.17, 15) is 9.59 Å². The third kappa shape index (κ3) is 1.21. The van der Waals surface area contributed by atoms with Crippen LogP contribution in [-0.2, 0) is 6.42 Å². The molecule has 14 heavy (non-hydrogen) atoms. The number of aryl methyl sites for hydroxylation is 2. The standard InChI is InChI=1S/C9H10N2O2S/c1-3-5-4(2)14-9-6(5)10-7(12)8(13)11-9/h3H2,1-2H3,(H,10,12)(H,11,13). The lowest BCUT2D eigenvalue weighted by Gasteiger charge is -1.93. The Morgan fingerprint density at radius 3 is 2.50 bits per heavy atom. The summed E-state index contributed by atoms with van der Waals surface area (Å²) in [5, 5.41) is 0. The number of fused-ring (bicyclic) bond motifs is 1. The first kappa shape index (κ1) is 9.21. The average molecular weight is 210 g/mol. The second-order valence-electron chi connectivity index (χ2n) is 3.10. The van der Waals surface area contributed by atoms with Crippen molar-refractivity contribution >= 4 is 21.7 Å². The molecule has 5 heteroatoms. The van der Waals surface area contributed by atoms with Crippen LogP contribution in [0.5, 0.6) is 0 Å². The molecule has 0 aliphatic rings. The maximum atomic E-state index is 11.1. The zero-order valence-electron chi connectivity index (χ0n) is 7.93. The summed E-state index contributed by atoms with van der Waals surface area (Å²) >= 11 is 1.50. The Balaban J connectivity index is 2.96. The van der Waals surface area contributed by atoms with Gasteiger partial charge in [0.2, 0.25) is 0 Å². The van der Waals surface area contributed by atoms with Gasteiger partial charge in [-0.05, 0) is 18.9 Å². The number of thiophene rings is 1. The van der Waals surface area contributed by atoms with Crippen molar-refractivity contribution in [3.8, 4) is 0 Å². The Hall–Kier alpha value is -1.36. The van der Waals surface area contributed by atoms with Crippen molar-refractivity contribution in [2.24, 2.45) is 0 Å². The molecule has 0 bridgehead atoms. The molecule has 0 spiro atoms. The number of rotatable bonds is 1. The maximum Gasteiger partial charge on any atom is 0.314 e. The number of hydrogen-bond donors (Lipinski definition) is 2. The lowest BCUT2D eigenvalue weighted by atomic mass is 10.2. The van der Waals surface area contributed by atoms with Crippen molar-refractivity contribution in [2.45, 2.75) is 20.3 Å². The fourth-order valence-corrected chi connectivity index (χ4v) is 2.65. The van der Waals surface area contributed by atoms with Gasteiger partial charge in [0, 0.05) is 4.88 Å². The van der Waals surface area contributed by atoms with Crippen molar-refractivity contribution in [1.82, 2.24) is 9.97 Å². The quantitative estimate of drug-likeness (QED) is 0.693. The van der Waals surface area contributed by atoms with E-state index in [1.165, 1.54) is 11.3 Å². The van der Waals surface area contributed by atoms with Gasteiger partial charge in [-0.25, -0.2) is 0 Å². The van der Waals surface area contributed by atoms with Crippen molar-refractivity contribution in [3.05, 3.63) is 31.1 Å². The number of aromatic nitrogens is 2. The second-order valence-corrected chi connectivity index (χ2v) is 4.33. The predicted molar refractivity (Wildman–Crippen MR) is 57.2 cm³/mol. The van der Waals surface area contributed by atoms with Crippen LogP contribution in [0.4, 0.5) is 0 Å². The fourth-order valence-electron chi connectivity index (χ4n) is 1.55. The number of aromatic amines is 2. The normalized spacial score (nSPS) is 11.0. The van der Waals surface area contributed by atoms with Crippen LogP contribution in [0, 0.1) is 6.92 Å². The maximum absolute atomic E-state index is 11.1. The van der Waals surface area contributed by atoms with Crippen molar-refractivity contribution < 1.29 is 0 Å². The van der Waals surface area contributed by atoms with Gasteiger partial charge >= 0.3 is 11.1 Å². The van der Waals surface area contributed by atoms with Gasteiger partial charge in [0.1, 0.15) is 4.83 Å². The van der Waals surface area contributed by atoms with E-state index in [1.54, 1.807) is 0 Å². The third-order valence-electron chi connectivity index (χ3n) is 2.23. The van der Waals surface area contributed by atoms with Gasteiger partial charge in [-0.1, -0.05) is 6.92 Å². The SMILES string of the molecule is CCc1c(C)sc2[nH]c(=O)c(=O)[nH]c12. The lowest BCUT2D eigenvalue weighted by molar-refractivity contribution is 1.10. The Kier molecular flexibility index (Phi) is 2.03. The largest absolute Gasteiger partial charge is 0.315 e. The number of H-pyrrole nitrogens is 2. The van der Waals surface area contributed by atoms with Crippen LogP contribution in [0.15, 0.2) is 9.59 Å². The molecule has 0 fully saturated rings. The Labute approximate surface area is 83.6 Å². The summed E-state index contributed by atoms with van der Waals surface area (Å²) in [4.78, 5) is 29.2. The van der Waals surface area contributed by atoms with E-state index < -0.39 is 11.1 Å². The van der Waals surface area contributed by atoms with Crippen LogP contribution < -0.4 is 11.1 Å². The van der Waals surface area contributed by atoms with Gasteiger partial charge in [-0.2, -0.15) is 0 Å². The predicted octanol–water partition coefficient (Wildman–Crippen LogP) is 1.15. The molecule has 0 unspecified atom stereocenters. The molecular weight excluding hydrogens is 200 g/mol. The average Bonchev–Trinajstić information content (AvgIpc) is 2.42. The Morgan fingerprint density at radius 1 is 1.21 bits per heavy atom. The molecule has 2 heterocycles. The summed E-state index contributed by atoms with van der Waals surface area (Å²) in [6, 6.07) is 0. The topological polar surface area (TPSA) is 65.7 Å². The van der Waals surface area contributed by atoms with Gasteiger partial charge in [-0.15, -0.1) is 11.3 Å². The zero-order valence-corrected chi connectivity index (χ0v) is 8.75. The summed E-state index contributed by atoms with van der Waals surface area (Å²) in [6.07, 6.45) is 0.855. The summed E-state index contributed by atoms with van der Waals surface area (Å²) in [5.41, 5.74) is 0.726. The van der Waals surface area contributed by atoms with E-state index in [2.05, 4.69) is 9.97 Å². The lowest BCUT2D eigenvalue weighted by Crippen LogP contribution is -2.28. The molecule has 0 amide bonds. The molecule has 2 N–H and O–H groups in total. The zero-order chi connectivity index (χ0) is 10.3. The minimum Gasteiger partial charge on any atom is -0.315 e. The first-order valence-corrected chi connectivity index (χ1v) is 5.19. The van der Waals surface area contributed by atoms with Gasteiger partial charge in [-0.3, -0.25) is 9.59 Å². The molecule has 74 valence electrons. The monoisotopic (exact) mass is 210 g/mol. The minimum absolute atomic E-state index is 0.579. The Bertz CT molecular complexity index is 591. The summed E-state index contributed by atoms with van der Waals surface area (Å²) in [6.45, 7) is 4.01. The molecule has 0 saturated carbocycles. The highest BCUT2D eigenvalue weighted by molar-refractivity contribution is 7.18. The summed E-state index contributed by atoms with van der Waals surface area (Å²) < 4.78 is 0. The van der Waals surface area contributed by atoms with Crippen LogP contribution in [-0.4, -0.2) is 9.97 Å². The second kappa shape index (κ2) is 3.09. The van der Waals surface area contributed by atoms with Crippen LogP contribution >= 0.6 is 11.3 Å². The molecule has 0 saturated heterocycles. The number of nitrogens with one attached hydrogen (secondary N) is 2. The molecule has 4 nitrogen and oxygen atoms in total. The van der Waals surface area contributed by atoms with Gasteiger partial charge in [0.05, 0.1) is 5.52 Å². The first-order valence-electron chi connectivity index (χ1n) is 4.38. The first-order chi connectivity index (χ1) is 6.63. The van der Waals surface area contributed by atoms with E-state index in [0.717, 1.165) is 27.2 Å². The minimum atomic E-state index is -0.582. The smallest absolute Gasteiger partial charge is 0.314 e. The summed E-state index contributed by atoms with van der Waals surface area (Å²) in [7, 11) is 0. The highest BCUT2D eigenvalue weighted by atomic mass is 32.1. The highest BCUT2D eigenvalue weighted by Crippen LogP contribution is 2.26. The molecule has 2 aromatic heterocycles. The van der Waals surface area contributed by atoms with Crippen molar-refractivity contribution in [3.63, 3.8) is 0 Å². The van der Waals surface area contributed by atoms with E-state index in [4.69, 9.17) is 0 Å². The summed E-state index contributed by atoms with van der Waals surface area (Å²) in [5.74, 6) is 0. The highest BCUT2D eigenvalue weighted by Gasteiger charge is 2.09. The Morgan fingerprint density at radius 2 is 1.86 bits per heavy atom. The molecule has 2 rings (SSSR count). The molecular formula is C9H10N2O2S. The van der Waals surface area contributed by atoms with E-state index >= 15 is 0 Å². The third-order valence-corrected chi connectivity index (χ3v) is 3.30. The van der Waals surface area contributed by atoms with E-state index in [1.807, 2.05) is 13.8 Å². The van der Waals surface area contributed by atoms with Crippen LogP contribution in [0.1, 0.15) is 17.4 Å². The van der Waals surface area contributed by atoms with Gasteiger partial charge in [0.15, 0.2) is 0 Å². The molecule has 0 aliphatic carbocycles. The van der Waals surface area contributed by atoms with Crippen LogP contribution in [0.25, 0.3) is 10.3 Å². The van der Waals surface area contributed by atoms with Crippen molar-refractivity contribution in [1.29, 1.82) is 0 Å². The van der Waals surface area contributed by atoms with Gasteiger partial charge < -0.3 is 9.97 Å². The van der Waals surface area contributed by atoms with E-state index in [0.29, 0.717) is 0 Å². The molecule has 2 aromatic rings.